The van der Waals surface area contributed by atoms with Crippen LogP contribution in [0.2, 0.25) is 0 Å². The van der Waals surface area contributed by atoms with Crippen LogP contribution in [0.25, 0.3) is 0 Å². The van der Waals surface area contributed by atoms with Gasteiger partial charge in [-0.05, 0) is 46.1 Å². The maximum Gasteiger partial charge on any atom is 0.407 e. The van der Waals surface area contributed by atoms with E-state index in [2.05, 4.69) is 5.32 Å². The average molecular weight is 360 g/mol. The summed E-state index contributed by atoms with van der Waals surface area (Å²) >= 11 is 0. The number of alkyl carbamates (subject to hydrolysis) is 1. The van der Waals surface area contributed by atoms with Gasteiger partial charge >= 0.3 is 6.09 Å². The van der Waals surface area contributed by atoms with Gasteiger partial charge in [0.2, 0.25) is 0 Å². The lowest BCUT2D eigenvalue weighted by Gasteiger charge is -2.38. The maximum absolute atomic E-state index is 11.9. The number of carbonyl (C=O) groups is 1. The highest BCUT2D eigenvalue weighted by Gasteiger charge is 2.27. The smallest absolute Gasteiger partial charge is 0.407 e. The zero-order valence-electron chi connectivity index (χ0n) is 15.3. The van der Waals surface area contributed by atoms with Crippen LogP contribution < -0.4 is 10.2 Å². The van der Waals surface area contributed by atoms with Gasteiger partial charge in [-0.2, -0.15) is 5.26 Å². The molecule has 1 aliphatic heterocycles. The molecule has 0 aliphatic carbocycles. The Labute approximate surface area is 152 Å². The fourth-order valence-corrected chi connectivity index (χ4v) is 3.02. The molecular formula is C18H24N4O4. The number of rotatable bonds is 4. The number of anilines is 1. The van der Waals surface area contributed by atoms with Gasteiger partial charge in [-0.15, -0.1) is 0 Å². The Bertz CT molecular complexity index is 721. The third kappa shape index (κ3) is 5.09. The molecular weight excluding hydrogens is 336 g/mol. The fraction of sp³-hybridized carbons (Fsp3) is 0.556. The van der Waals surface area contributed by atoms with Gasteiger partial charge in [-0.1, -0.05) is 0 Å². The normalized spacial score (nSPS) is 17.3. The monoisotopic (exact) mass is 360 g/mol. The molecule has 0 bridgehead atoms. The zero-order chi connectivity index (χ0) is 19.3. The predicted molar refractivity (Wildman–Crippen MR) is 97.0 cm³/mol. The minimum absolute atomic E-state index is 0.00447. The largest absolute Gasteiger partial charge is 0.444 e. The minimum Gasteiger partial charge on any atom is -0.444 e. The van der Waals surface area contributed by atoms with Crippen molar-refractivity contribution in [2.75, 3.05) is 18.0 Å². The molecule has 26 heavy (non-hydrogen) atoms. The molecule has 1 amide bonds. The standard InChI is InChI=1S/C18H24N4O4/c1-18(2,3)26-17(23)20-12-15-6-4-5-9-21(15)16-8-7-14(22(24)25)10-13(16)11-19/h7-8,10,15H,4-6,9,12H2,1-3H3,(H,20,23). The van der Waals surface area contributed by atoms with Crippen molar-refractivity contribution in [1.29, 1.82) is 5.26 Å². The highest BCUT2D eigenvalue weighted by molar-refractivity contribution is 5.68. The van der Waals surface area contributed by atoms with Crippen molar-refractivity contribution in [1.82, 2.24) is 5.32 Å². The summed E-state index contributed by atoms with van der Waals surface area (Å²) in [5.74, 6) is 0. The van der Waals surface area contributed by atoms with Crippen LogP contribution in [0.15, 0.2) is 18.2 Å². The maximum atomic E-state index is 11.9. The number of nitro benzene ring substituents is 1. The number of amides is 1. The summed E-state index contributed by atoms with van der Waals surface area (Å²) in [6, 6.07) is 6.36. The molecule has 1 atom stereocenters. The van der Waals surface area contributed by atoms with Crippen molar-refractivity contribution in [2.24, 2.45) is 0 Å². The van der Waals surface area contributed by atoms with E-state index in [-0.39, 0.29) is 17.3 Å². The van der Waals surface area contributed by atoms with Crippen LogP contribution >= 0.6 is 0 Å². The summed E-state index contributed by atoms with van der Waals surface area (Å²) in [5.41, 5.74) is 0.255. The molecule has 1 aromatic carbocycles. The number of non-ortho nitro benzene ring substituents is 1. The summed E-state index contributed by atoms with van der Waals surface area (Å²) in [6.07, 6.45) is 2.36. The van der Waals surface area contributed by atoms with E-state index in [1.165, 1.54) is 12.1 Å². The number of nitriles is 1. The van der Waals surface area contributed by atoms with Crippen LogP contribution in [0.5, 0.6) is 0 Å². The number of nitrogens with one attached hydrogen (secondary N) is 1. The van der Waals surface area contributed by atoms with Gasteiger partial charge in [0.25, 0.3) is 5.69 Å². The van der Waals surface area contributed by atoms with E-state index in [9.17, 15) is 20.2 Å². The first-order valence-electron chi connectivity index (χ1n) is 8.63. The quantitative estimate of drug-likeness (QED) is 0.651. The van der Waals surface area contributed by atoms with Crippen molar-refractivity contribution in [2.45, 2.75) is 51.7 Å². The SMILES string of the molecule is CC(C)(C)OC(=O)NCC1CCCCN1c1ccc([N+](=O)[O-])cc1C#N. The zero-order valence-corrected chi connectivity index (χ0v) is 15.3. The molecule has 8 nitrogen and oxygen atoms in total. The Morgan fingerprint density at radius 3 is 2.81 bits per heavy atom. The Balaban J connectivity index is 2.15. The van der Waals surface area contributed by atoms with Crippen LogP contribution in [0.4, 0.5) is 16.2 Å². The Hall–Kier alpha value is -2.82. The van der Waals surface area contributed by atoms with E-state index in [0.717, 1.165) is 25.8 Å². The number of benzene rings is 1. The lowest BCUT2D eigenvalue weighted by Crippen LogP contribution is -2.48. The first kappa shape index (κ1) is 19.5. The molecule has 0 radical (unpaired) electrons. The molecule has 8 heteroatoms. The van der Waals surface area contributed by atoms with Gasteiger partial charge in [0.1, 0.15) is 11.7 Å². The number of hydrogen-bond donors (Lipinski definition) is 1. The van der Waals surface area contributed by atoms with E-state index in [1.54, 1.807) is 26.8 Å². The first-order chi connectivity index (χ1) is 12.2. The van der Waals surface area contributed by atoms with E-state index < -0.39 is 16.6 Å². The average Bonchev–Trinajstić information content (AvgIpc) is 2.58. The second-order valence-electron chi connectivity index (χ2n) is 7.30. The topological polar surface area (TPSA) is 108 Å². The molecule has 0 saturated carbocycles. The lowest BCUT2D eigenvalue weighted by molar-refractivity contribution is -0.384. The van der Waals surface area contributed by atoms with Crippen LogP contribution in [0.1, 0.15) is 45.6 Å². The van der Waals surface area contributed by atoms with Crippen LogP contribution in [0, 0.1) is 21.4 Å². The van der Waals surface area contributed by atoms with Crippen molar-refractivity contribution >= 4 is 17.5 Å². The molecule has 1 heterocycles. The summed E-state index contributed by atoms with van der Waals surface area (Å²) in [6.45, 7) is 6.52. The van der Waals surface area contributed by atoms with Gasteiger partial charge in [0.05, 0.1) is 16.2 Å². The molecule has 1 aliphatic rings. The van der Waals surface area contributed by atoms with Gasteiger partial charge in [0, 0.05) is 31.3 Å². The molecule has 2 rings (SSSR count). The summed E-state index contributed by atoms with van der Waals surface area (Å²) in [4.78, 5) is 24.4. The van der Waals surface area contributed by atoms with Crippen LogP contribution in [0.3, 0.4) is 0 Å². The summed E-state index contributed by atoms with van der Waals surface area (Å²) in [7, 11) is 0. The van der Waals surface area contributed by atoms with Gasteiger partial charge in [0.15, 0.2) is 0 Å². The van der Waals surface area contributed by atoms with Crippen LogP contribution in [-0.2, 0) is 4.74 Å². The highest BCUT2D eigenvalue weighted by Crippen LogP contribution is 2.30. The number of nitrogens with zero attached hydrogens (tertiary/aromatic N) is 3. The minimum atomic E-state index is -0.567. The van der Waals surface area contributed by atoms with E-state index in [1.807, 2.05) is 11.0 Å². The molecule has 1 saturated heterocycles. The molecule has 140 valence electrons. The molecule has 1 fully saturated rings. The predicted octanol–water partition coefficient (Wildman–Crippen LogP) is 3.35. The van der Waals surface area contributed by atoms with E-state index in [0.29, 0.717) is 12.2 Å². The van der Waals surface area contributed by atoms with Crippen molar-refractivity contribution in [3.8, 4) is 6.07 Å². The fourth-order valence-electron chi connectivity index (χ4n) is 3.02. The molecule has 1 unspecified atom stereocenters. The van der Waals surface area contributed by atoms with Gasteiger partial charge in [-0.25, -0.2) is 4.79 Å². The number of ether oxygens (including phenoxy) is 1. The molecule has 1 aromatic rings. The second-order valence-corrected chi connectivity index (χ2v) is 7.30. The van der Waals surface area contributed by atoms with Crippen molar-refractivity contribution in [3.05, 3.63) is 33.9 Å². The first-order valence-corrected chi connectivity index (χ1v) is 8.63. The van der Waals surface area contributed by atoms with Gasteiger partial charge < -0.3 is 15.0 Å². The van der Waals surface area contributed by atoms with E-state index >= 15 is 0 Å². The highest BCUT2D eigenvalue weighted by atomic mass is 16.6. The third-order valence-electron chi connectivity index (χ3n) is 4.13. The Morgan fingerprint density at radius 1 is 1.46 bits per heavy atom. The molecule has 0 spiro atoms. The lowest BCUT2D eigenvalue weighted by atomic mass is 9.99. The van der Waals surface area contributed by atoms with Crippen molar-refractivity contribution in [3.63, 3.8) is 0 Å². The number of carbonyl (C=O) groups excluding carboxylic acids is 1. The van der Waals surface area contributed by atoms with E-state index in [4.69, 9.17) is 4.74 Å². The summed E-state index contributed by atoms with van der Waals surface area (Å²) in [5, 5.41) is 23.1. The number of nitro groups is 1. The Morgan fingerprint density at radius 2 is 2.19 bits per heavy atom. The molecule has 1 N–H and O–H groups in total. The Kier molecular flexibility index (Phi) is 6.03. The van der Waals surface area contributed by atoms with Crippen molar-refractivity contribution < 1.29 is 14.5 Å². The third-order valence-corrected chi connectivity index (χ3v) is 4.13. The number of hydrogen-bond acceptors (Lipinski definition) is 6. The van der Waals surface area contributed by atoms with Crippen LogP contribution in [-0.4, -0.2) is 35.7 Å². The number of piperidine rings is 1. The van der Waals surface area contributed by atoms with Gasteiger partial charge in [-0.3, -0.25) is 10.1 Å². The second kappa shape index (κ2) is 8.04. The molecule has 0 aromatic heterocycles. The summed E-state index contributed by atoms with van der Waals surface area (Å²) < 4.78 is 5.26.